The zero-order valence-electron chi connectivity index (χ0n) is 15.3. The van der Waals surface area contributed by atoms with E-state index in [9.17, 15) is 4.79 Å². The van der Waals surface area contributed by atoms with E-state index in [-0.39, 0.29) is 17.9 Å². The van der Waals surface area contributed by atoms with Crippen molar-refractivity contribution >= 4 is 5.91 Å². The third-order valence-corrected chi connectivity index (χ3v) is 5.41. The molecule has 7 heteroatoms. The summed E-state index contributed by atoms with van der Waals surface area (Å²) in [5.74, 6) is -0.0627. The monoisotopic (exact) mass is 355 g/mol. The van der Waals surface area contributed by atoms with Crippen molar-refractivity contribution in [3.8, 4) is 0 Å². The lowest BCUT2D eigenvalue weighted by molar-refractivity contribution is -0.127. The Morgan fingerprint density at radius 2 is 2.35 bits per heavy atom. The molecule has 2 saturated heterocycles. The molecule has 0 radical (unpaired) electrons. The van der Waals surface area contributed by atoms with Crippen LogP contribution in [0.3, 0.4) is 0 Å². The van der Waals surface area contributed by atoms with Crippen molar-refractivity contribution in [2.45, 2.75) is 38.6 Å². The van der Waals surface area contributed by atoms with Gasteiger partial charge in [0.05, 0.1) is 17.7 Å². The summed E-state index contributed by atoms with van der Waals surface area (Å²) in [7, 11) is 1.94. The van der Waals surface area contributed by atoms with E-state index < -0.39 is 0 Å². The van der Waals surface area contributed by atoms with Crippen molar-refractivity contribution in [3.05, 3.63) is 47.5 Å². The van der Waals surface area contributed by atoms with Gasteiger partial charge in [0.15, 0.2) is 0 Å². The van der Waals surface area contributed by atoms with Gasteiger partial charge in [0.25, 0.3) is 0 Å². The van der Waals surface area contributed by atoms with Crippen LogP contribution in [0.4, 0.5) is 0 Å². The number of carbonyl (C=O) groups excluding carboxylic acids is 1. The van der Waals surface area contributed by atoms with Gasteiger partial charge in [-0.2, -0.15) is 5.10 Å². The number of pyridine rings is 1. The molecule has 3 atom stereocenters. The number of likely N-dealkylation sites (tertiary alicyclic amines) is 1. The maximum Gasteiger partial charge on any atom is 0.227 e. The third kappa shape index (κ3) is 3.37. The molecule has 4 rings (SSSR count). The summed E-state index contributed by atoms with van der Waals surface area (Å²) < 4.78 is 7.78. The number of amides is 1. The van der Waals surface area contributed by atoms with Crippen LogP contribution in [0, 0.1) is 12.8 Å². The van der Waals surface area contributed by atoms with Crippen LogP contribution < -0.4 is 5.32 Å². The van der Waals surface area contributed by atoms with E-state index in [2.05, 4.69) is 26.5 Å². The van der Waals surface area contributed by atoms with Gasteiger partial charge in [-0.05, 0) is 25.0 Å². The summed E-state index contributed by atoms with van der Waals surface area (Å²) in [5.41, 5.74) is 3.27. The van der Waals surface area contributed by atoms with Crippen LogP contribution in [0.15, 0.2) is 30.7 Å². The highest BCUT2D eigenvalue weighted by molar-refractivity contribution is 5.80. The predicted octanol–water partition coefficient (Wildman–Crippen LogP) is 1.03. The fourth-order valence-corrected chi connectivity index (χ4v) is 4.13. The number of hydrogen-bond acceptors (Lipinski definition) is 5. The number of hydrogen-bond donors (Lipinski definition) is 1. The molecule has 0 bridgehead atoms. The van der Waals surface area contributed by atoms with Gasteiger partial charge in [0, 0.05) is 63.5 Å². The highest BCUT2D eigenvalue weighted by Crippen LogP contribution is 2.34. The lowest BCUT2D eigenvalue weighted by Crippen LogP contribution is -2.37. The normalized spacial score (nSPS) is 25.4. The van der Waals surface area contributed by atoms with Gasteiger partial charge in [-0.1, -0.05) is 6.07 Å². The molecule has 4 heterocycles. The SMILES string of the molecule is Cc1nn(C)cc1CN1C[C@H](C(=O)NCc2cccnc2)[C@H]2OCC[C@H]21. The smallest absolute Gasteiger partial charge is 0.227 e. The molecule has 2 fully saturated rings. The number of ether oxygens (including phenoxy) is 1. The molecule has 0 saturated carbocycles. The Labute approximate surface area is 153 Å². The maximum atomic E-state index is 12.8. The van der Waals surface area contributed by atoms with Crippen LogP contribution >= 0.6 is 0 Å². The van der Waals surface area contributed by atoms with E-state index in [4.69, 9.17) is 4.74 Å². The highest BCUT2D eigenvalue weighted by atomic mass is 16.5. The van der Waals surface area contributed by atoms with Gasteiger partial charge >= 0.3 is 0 Å². The Bertz CT molecular complexity index is 775. The first kappa shape index (κ1) is 17.2. The molecule has 26 heavy (non-hydrogen) atoms. The van der Waals surface area contributed by atoms with Crippen molar-refractivity contribution in [2.75, 3.05) is 13.2 Å². The van der Waals surface area contributed by atoms with E-state index in [0.717, 1.165) is 37.4 Å². The second-order valence-corrected chi connectivity index (χ2v) is 7.22. The Balaban J connectivity index is 1.42. The van der Waals surface area contributed by atoms with Gasteiger partial charge in [-0.15, -0.1) is 0 Å². The summed E-state index contributed by atoms with van der Waals surface area (Å²) >= 11 is 0. The molecular formula is C19H25N5O2. The summed E-state index contributed by atoms with van der Waals surface area (Å²) in [6.45, 7) is 4.80. The number of carbonyl (C=O) groups is 1. The Kier molecular flexibility index (Phi) is 4.74. The lowest BCUT2D eigenvalue weighted by Gasteiger charge is -2.21. The molecule has 7 nitrogen and oxygen atoms in total. The fraction of sp³-hybridized carbons (Fsp3) is 0.526. The minimum absolute atomic E-state index is 0.0131. The minimum atomic E-state index is -0.129. The van der Waals surface area contributed by atoms with Crippen LogP contribution in [0.1, 0.15) is 23.2 Å². The number of aryl methyl sites for hydroxylation is 2. The molecule has 1 amide bonds. The zero-order valence-corrected chi connectivity index (χ0v) is 15.3. The Hall–Kier alpha value is -2.25. The van der Waals surface area contributed by atoms with Gasteiger partial charge in [0.2, 0.25) is 5.91 Å². The van der Waals surface area contributed by atoms with Crippen molar-refractivity contribution < 1.29 is 9.53 Å². The number of nitrogens with zero attached hydrogens (tertiary/aromatic N) is 4. The molecule has 2 aromatic heterocycles. The zero-order chi connectivity index (χ0) is 18.1. The van der Waals surface area contributed by atoms with Gasteiger partial charge in [-0.3, -0.25) is 19.4 Å². The summed E-state index contributed by atoms with van der Waals surface area (Å²) in [6.07, 6.45) is 6.55. The Morgan fingerprint density at radius 1 is 1.46 bits per heavy atom. The molecule has 0 aliphatic carbocycles. The standard InChI is InChI=1S/C19H25N5O2/c1-13-15(10-23(2)22-13)11-24-12-16(18-17(24)5-7-26-18)19(25)21-9-14-4-3-6-20-8-14/h3-4,6,8,10,16-18H,5,7,9,11-12H2,1-2H3,(H,21,25)/t16-,17+,18+/m0/s1. The van der Waals surface area contributed by atoms with Crippen LogP contribution in [0.25, 0.3) is 0 Å². The van der Waals surface area contributed by atoms with E-state index in [1.54, 1.807) is 12.4 Å². The largest absolute Gasteiger partial charge is 0.376 e. The van der Waals surface area contributed by atoms with Crippen LogP contribution in [-0.4, -0.2) is 50.9 Å². The first-order valence-electron chi connectivity index (χ1n) is 9.13. The van der Waals surface area contributed by atoms with Crippen LogP contribution in [-0.2, 0) is 29.7 Å². The van der Waals surface area contributed by atoms with Crippen LogP contribution in [0.2, 0.25) is 0 Å². The first-order valence-corrected chi connectivity index (χ1v) is 9.13. The molecule has 1 N–H and O–H groups in total. The molecule has 2 aliphatic rings. The molecule has 138 valence electrons. The van der Waals surface area contributed by atoms with E-state index in [0.29, 0.717) is 12.6 Å². The first-order chi connectivity index (χ1) is 12.6. The topological polar surface area (TPSA) is 72.3 Å². The average Bonchev–Trinajstić information content (AvgIpc) is 3.31. The molecule has 0 unspecified atom stereocenters. The molecule has 2 aliphatic heterocycles. The lowest BCUT2D eigenvalue weighted by atomic mass is 10.0. The average molecular weight is 355 g/mol. The molecule has 0 spiro atoms. The maximum absolute atomic E-state index is 12.8. The minimum Gasteiger partial charge on any atom is -0.376 e. The van der Waals surface area contributed by atoms with E-state index in [1.807, 2.05) is 30.8 Å². The van der Waals surface area contributed by atoms with Gasteiger partial charge in [0.1, 0.15) is 0 Å². The van der Waals surface area contributed by atoms with Gasteiger partial charge < -0.3 is 10.1 Å². The predicted molar refractivity (Wildman–Crippen MR) is 96.1 cm³/mol. The summed E-state index contributed by atoms with van der Waals surface area (Å²) in [4.78, 5) is 19.3. The Morgan fingerprint density at radius 3 is 3.08 bits per heavy atom. The fourth-order valence-electron chi connectivity index (χ4n) is 4.13. The number of nitrogens with one attached hydrogen (secondary N) is 1. The molecule has 2 aromatic rings. The van der Waals surface area contributed by atoms with E-state index in [1.165, 1.54) is 5.56 Å². The molecular weight excluding hydrogens is 330 g/mol. The van der Waals surface area contributed by atoms with Crippen molar-refractivity contribution in [2.24, 2.45) is 13.0 Å². The third-order valence-electron chi connectivity index (χ3n) is 5.41. The number of rotatable bonds is 5. The molecule has 0 aromatic carbocycles. The summed E-state index contributed by atoms with van der Waals surface area (Å²) in [6, 6.07) is 4.16. The van der Waals surface area contributed by atoms with Crippen LogP contribution in [0.5, 0.6) is 0 Å². The van der Waals surface area contributed by atoms with E-state index >= 15 is 0 Å². The number of fused-ring (bicyclic) bond motifs is 1. The second-order valence-electron chi connectivity index (χ2n) is 7.22. The van der Waals surface area contributed by atoms with Crippen molar-refractivity contribution in [1.82, 2.24) is 25.0 Å². The highest BCUT2D eigenvalue weighted by Gasteiger charge is 2.48. The summed E-state index contributed by atoms with van der Waals surface area (Å²) in [5, 5.41) is 7.48. The number of aromatic nitrogens is 3. The van der Waals surface area contributed by atoms with Crippen molar-refractivity contribution in [3.63, 3.8) is 0 Å². The van der Waals surface area contributed by atoms with Gasteiger partial charge in [-0.25, -0.2) is 0 Å². The quantitative estimate of drug-likeness (QED) is 0.867. The second kappa shape index (κ2) is 7.17. The van der Waals surface area contributed by atoms with Crippen molar-refractivity contribution in [1.29, 1.82) is 0 Å².